The van der Waals surface area contributed by atoms with Crippen LogP contribution in [0.3, 0.4) is 0 Å². The zero-order chi connectivity index (χ0) is 15.5. The van der Waals surface area contributed by atoms with E-state index in [1.807, 2.05) is 4.90 Å². The van der Waals surface area contributed by atoms with Gasteiger partial charge in [0.15, 0.2) is 0 Å². The standard InChI is InChI=1S/C14H18F3N3O/c1-10(21)18-9-11-5-7-20(8-6-11)13-4-2-3-12(19-13)14(15,16)17/h2-4,11H,5-9H2,1H3,(H,18,21). The van der Waals surface area contributed by atoms with E-state index in [1.165, 1.54) is 13.0 Å². The van der Waals surface area contributed by atoms with Crippen molar-refractivity contribution in [3.05, 3.63) is 23.9 Å². The number of hydrogen-bond donors (Lipinski definition) is 1. The summed E-state index contributed by atoms with van der Waals surface area (Å²) in [5.74, 6) is 0.677. The molecule has 21 heavy (non-hydrogen) atoms. The van der Waals surface area contributed by atoms with Gasteiger partial charge >= 0.3 is 6.18 Å². The predicted octanol–water partition coefficient (Wildman–Crippen LogP) is 2.45. The second-order valence-corrected chi connectivity index (χ2v) is 5.25. The lowest BCUT2D eigenvalue weighted by Crippen LogP contribution is -2.38. The molecule has 1 N–H and O–H groups in total. The fourth-order valence-electron chi connectivity index (χ4n) is 2.41. The summed E-state index contributed by atoms with van der Waals surface area (Å²) in [5.41, 5.74) is -0.861. The molecule has 1 aliphatic rings. The Bertz CT molecular complexity index is 496. The number of carbonyl (C=O) groups excluding carboxylic acids is 1. The first-order valence-electron chi connectivity index (χ1n) is 6.90. The van der Waals surface area contributed by atoms with Gasteiger partial charge in [-0.3, -0.25) is 4.79 Å². The average Bonchev–Trinajstić information content (AvgIpc) is 2.45. The van der Waals surface area contributed by atoms with Gasteiger partial charge in [-0.15, -0.1) is 0 Å². The lowest BCUT2D eigenvalue weighted by molar-refractivity contribution is -0.141. The average molecular weight is 301 g/mol. The van der Waals surface area contributed by atoms with Crippen molar-refractivity contribution in [2.75, 3.05) is 24.5 Å². The topological polar surface area (TPSA) is 45.2 Å². The zero-order valence-corrected chi connectivity index (χ0v) is 11.8. The third-order valence-electron chi connectivity index (χ3n) is 3.60. The highest BCUT2D eigenvalue weighted by molar-refractivity contribution is 5.72. The summed E-state index contributed by atoms with van der Waals surface area (Å²) in [6.45, 7) is 3.40. The minimum absolute atomic E-state index is 0.0584. The molecule has 0 atom stereocenters. The van der Waals surface area contributed by atoms with Crippen molar-refractivity contribution in [1.82, 2.24) is 10.3 Å². The van der Waals surface area contributed by atoms with Crippen molar-refractivity contribution in [2.24, 2.45) is 5.92 Å². The van der Waals surface area contributed by atoms with Crippen LogP contribution in [0.1, 0.15) is 25.5 Å². The van der Waals surface area contributed by atoms with Gasteiger partial charge in [0.1, 0.15) is 11.5 Å². The SMILES string of the molecule is CC(=O)NCC1CCN(c2cccc(C(F)(F)F)n2)CC1. The number of alkyl halides is 3. The quantitative estimate of drug-likeness (QED) is 0.933. The Morgan fingerprint density at radius 2 is 2.05 bits per heavy atom. The normalized spacial score (nSPS) is 16.9. The number of rotatable bonds is 3. The Morgan fingerprint density at radius 3 is 2.62 bits per heavy atom. The van der Waals surface area contributed by atoms with Crippen molar-refractivity contribution in [1.29, 1.82) is 0 Å². The van der Waals surface area contributed by atoms with Crippen LogP contribution < -0.4 is 10.2 Å². The third kappa shape index (κ3) is 4.34. The second kappa shape index (κ2) is 6.32. The fourth-order valence-corrected chi connectivity index (χ4v) is 2.41. The van der Waals surface area contributed by atoms with E-state index < -0.39 is 11.9 Å². The molecular formula is C14H18F3N3O. The van der Waals surface area contributed by atoms with E-state index in [1.54, 1.807) is 6.07 Å². The highest BCUT2D eigenvalue weighted by Gasteiger charge is 2.33. The molecule has 0 radical (unpaired) electrons. The van der Waals surface area contributed by atoms with E-state index in [0.717, 1.165) is 18.9 Å². The number of carbonyl (C=O) groups is 1. The number of amides is 1. The van der Waals surface area contributed by atoms with E-state index in [-0.39, 0.29) is 5.91 Å². The number of pyridine rings is 1. The van der Waals surface area contributed by atoms with E-state index >= 15 is 0 Å². The summed E-state index contributed by atoms with van der Waals surface area (Å²) in [7, 11) is 0. The monoisotopic (exact) mass is 301 g/mol. The zero-order valence-electron chi connectivity index (χ0n) is 11.8. The van der Waals surface area contributed by atoms with E-state index in [0.29, 0.717) is 31.4 Å². The Labute approximate surface area is 121 Å². The van der Waals surface area contributed by atoms with Gasteiger partial charge in [0.05, 0.1) is 0 Å². The van der Waals surface area contributed by atoms with Crippen LogP contribution >= 0.6 is 0 Å². The van der Waals surface area contributed by atoms with Crippen LogP contribution in [0.15, 0.2) is 18.2 Å². The van der Waals surface area contributed by atoms with Gasteiger partial charge in [-0.1, -0.05) is 6.07 Å². The summed E-state index contributed by atoms with van der Waals surface area (Å²) < 4.78 is 38.0. The van der Waals surface area contributed by atoms with Gasteiger partial charge < -0.3 is 10.2 Å². The first-order chi connectivity index (χ1) is 9.86. The van der Waals surface area contributed by atoms with Crippen LogP contribution in [0.5, 0.6) is 0 Å². The van der Waals surface area contributed by atoms with Crippen LogP contribution in [-0.4, -0.2) is 30.5 Å². The predicted molar refractivity (Wildman–Crippen MR) is 72.9 cm³/mol. The van der Waals surface area contributed by atoms with Crippen LogP contribution in [-0.2, 0) is 11.0 Å². The molecule has 0 spiro atoms. The summed E-state index contributed by atoms with van der Waals surface area (Å²) in [6, 6.07) is 3.96. The van der Waals surface area contributed by atoms with Gasteiger partial charge in [-0.05, 0) is 30.9 Å². The Hall–Kier alpha value is -1.79. The molecule has 1 fully saturated rings. The number of halogens is 3. The van der Waals surface area contributed by atoms with Crippen LogP contribution in [0, 0.1) is 5.92 Å². The molecule has 1 aromatic heterocycles. The van der Waals surface area contributed by atoms with Crippen LogP contribution in [0.2, 0.25) is 0 Å². The largest absolute Gasteiger partial charge is 0.433 e. The Kier molecular flexibility index (Phi) is 4.69. The number of nitrogens with one attached hydrogen (secondary N) is 1. The minimum atomic E-state index is -4.42. The molecule has 1 aliphatic heterocycles. The van der Waals surface area contributed by atoms with Gasteiger partial charge in [-0.2, -0.15) is 13.2 Å². The van der Waals surface area contributed by atoms with Gasteiger partial charge in [0.2, 0.25) is 5.91 Å². The first kappa shape index (κ1) is 15.6. The Morgan fingerprint density at radius 1 is 1.38 bits per heavy atom. The Balaban J connectivity index is 1.95. The van der Waals surface area contributed by atoms with Crippen LogP contribution in [0.25, 0.3) is 0 Å². The second-order valence-electron chi connectivity index (χ2n) is 5.25. The van der Waals surface area contributed by atoms with Crippen molar-refractivity contribution in [3.63, 3.8) is 0 Å². The minimum Gasteiger partial charge on any atom is -0.357 e. The molecule has 2 heterocycles. The summed E-state index contributed by atoms with van der Waals surface area (Å²) in [5, 5.41) is 2.78. The summed E-state index contributed by atoms with van der Waals surface area (Å²) in [6.07, 6.45) is -2.75. The third-order valence-corrected chi connectivity index (χ3v) is 3.60. The van der Waals surface area contributed by atoms with Crippen LogP contribution in [0.4, 0.5) is 19.0 Å². The fraction of sp³-hybridized carbons (Fsp3) is 0.571. The molecule has 0 bridgehead atoms. The molecule has 1 amide bonds. The lowest BCUT2D eigenvalue weighted by atomic mass is 9.97. The summed E-state index contributed by atoms with van der Waals surface area (Å²) in [4.78, 5) is 16.4. The van der Waals surface area contributed by atoms with Gasteiger partial charge in [-0.25, -0.2) is 4.98 Å². The van der Waals surface area contributed by atoms with Gasteiger partial charge in [0.25, 0.3) is 0 Å². The van der Waals surface area contributed by atoms with Gasteiger partial charge in [0, 0.05) is 26.6 Å². The molecule has 116 valence electrons. The summed E-state index contributed by atoms with van der Waals surface area (Å²) >= 11 is 0. The maximum atomic E-state index is 12.7. The highest BCUT2D eigenvalue weighted by atomic mass is 19.4. The first-order valence-corrected chi connectivity index (χ1v) is 6.90. The van der Waals surface area contributed by atoms with Crippen molar-refractivity contribution in [2.45, 2.75) is 25.9 Å². The molecule has 2 rings (SSSR count). The smallest absolute Gasteiger partial charge is 0.357 e. The van der Waals surface area contributed by atoms with E-state index in [2.05, 4.69) is 10.3 Å². The maximum absolute atomic E-state index is 12.7. The lowest BCUT2D eigenvalue weighted by Gasteiger charge is -2.33. The number of hydrogen-bond acceptors (Lipinski definition) is 3. The molecule has 7 heteroatoms. The van der Waals surface area contributed by atoms with Crippen molar-refractivity contribution < 1.29 is 18.0 Å². The number of anilines is 1. The molecule has 1 saturated heterocycles. The number of nitrogens with zero attached hydrogens (tertiary/aromatic N) is 2. The van der Waals surface area contributed by atoms with Crippen molar-refractivity contribution in [3.8, 4) is 0 Å². The molecule has 0 unspecified atom stereocenters. The maximum Gasteiger partial charge on any atom is 0.433 e. The highest BCUT2D eigenvalue weighted by Crippen LogP contribution is 2.29. The van der Waals surface area contributed by atoms with E-state index in [4.69, 9.17) is 0 Å². The number of aromatic nitrogens is 1. The molecule has 1 aromatic rings. The molecule has 0 aliphatic carbocycles. The molecular weight excluding hydrogens is 283 g/mol. The molecule has 4 nitrogen and oxygen atoms in total. The molecule has 0 aromatic carbocycles. The molecule has 0 saturated carbocycles. The van der Waals surface area contributed by atoms with E-state index in [9.17, 15) is 18.0 Å². The number of piperidine rings is 1. The van der Waals surface area contributed by atoms with Crippen molar-refractivity contribution >= 4 is 11.7 Å².